The fourth-order valence-corrected chi connectivity index (χ4v) is 2.08. The van der Waals surface area contributed by atoms with Crippen molar-refractivity contribution in [1.82, 2.24) is 29.5 Å². The summed E-state index contributed by atoms with van der Waals surface area (Å²) in [5.41, 5.74) is 1.63. The summed E-state index contributed by atoms with van der Waals surface area (Å²) in [4.78, 5) is 8.37. The Morgan fingerprint density at radius 1 is 0.808 bits per heavy atom. The molecule has 1 aromatic carbocycles. The van der Waals surface area contributed by atoms with Gasteiger partial charge in [0.25, 0.3) is 0 Å². The number of hydrogen-bond donors (Lipinski definition) is 1. The zero-order chi connectivity index (χ0) is 17.3. The molecule has 3 aromatic heterocycles. The average molecular weight is 528 g/mol. The number of aromatic hydroxyl groups is 1. The number of rotatable bonds is 4. The van der Waals surface area contributed by atoms with Crippen LogP contribution in [0.2, 0.25) is 0 Å². The molecular weight excluding hydrogens is 511 g/mol. The third kappa shape index (κ3) is 6.26. The van der Waals surface area contributed by atoms with Crippen LogP contribution in [0.15, 0.2) is 73.6 Å². The fraction of sp³-hybridized carbons (Fsp3) is 0.111. The zero-order valence-electron chi connectivity index (χ0n) is 13.8. The van der Waals surface area contributed by atoms with Crippen molar-refractivity contribution in [3.05, 3.63) is 91.0 Å². The first kappa shape index (κ1) is 19.5. The van der Waals surface area contributed by atoms with E-state index in [0.717, 1.165) is 11.4 Å². The van der Waals surface area contributed by atoms with E-state index in [1.807, 2.05) is 30.6 Å². The normalized spacial score (nSPS) is 9.69. The van der Waals surface area contributed by atoms with Crippen molar-refractivity contribution in [1.29, 1.82) is 0 Å². The first-order valence-corrected chi connectivity index (χ1v) is 7.70. The molecule has 0 unspecified atom stereocenters. The van der Waals surface area contributed by atoms with Crippen LogP contribution in [-0.4, -0.2) is 34.6 Å². The van der Waals surface area contributed by atoms with Gasteiger partial charge in [0.15, 0.2) is 0 Å². The van der Waals surface area contributed by atoms with Crippen LogP contribution in [0, 0.1) is 6.07 Å². The summed E-state index contributed by atoms with van der Waals surface area (Å²) in [5, 5.41) is 16.9. The SMILES string of the molecule is Oc1ccccc1.[Pt].[c-]1c(Cn2cccn2)ncnc1Cn1cccn1. The number of phenols is 1. The molecule has 0 atom stereocenters. The summed E-state index contributed by atoms with van der Waals surface area (Å²) in [6.45, 7) is 1.20. The van der Waals surface area contributed by atoms with Gasteiger partial charge in [-0.3, -0.25) is 19.3 Å². The van der Waals surface area contributed by atoms with E-state index in [1.165, 1.54) is 0 Å². The van der Waals surface area contributed by atoms with E-state index in [0.29, 0.717) is 18.8 Å². The fourth-order valence-electron chi connectivity index (χ4n) is 2.08. The number of aromatic nitrogens is 6. The standard InChI is InChI=1S/C12H11N6.C6H6O.Pt/c1-3-15-17(5-1)8-11-7-12(14-10-13-11)9-18-6-2-4-16-18;7-6-4-2-1-3-5-6;/h1-6,10H,8-9H2;1-5,7H;/q-1;;. The van der Waals surface area contributed by atoms with Gasteiger partial charge >= 0.3 is 0 Å². The van der Waals surface area contributed by atoms with Crippen molar-refractivity contribution < 1.29 is 26.2 Å². The van der Waals surface area contributed by atoms with Gasteiger partial charge in [-0.2, -0.15) is 10.2 Å². The molecule has 4 rings (SSSR count). The number of hydrogen-bond acceptors (Lipinski definition) is 5. The minimum Gasteiger partial charge on any atom is -0.508 e. The van der Waals surface area contributed by atoms with Gasteiger partial charge in [-0.05, 0) is 24.3 Å². The van der Waals surface area contributed by atoms with Crippen molar-refractivity contribution in [3.63, 3.8) is 0 Å². The van der Waals surface area contributed by atoms with Crippen LogP contribution in [-0.2, 0) is 34.2 Å². The maximum Gasteiger partial charge on any atom is 0.115 e. The molecule has 0 amide bonds. The molecule has 26 heavy (non-hydrogen) atoms. The van der Waals surface area contributed by atoms with Crippen LogP contribution in [0.5, 0.6) is 5.75 Å². The summed E-state index contributed by atoms with van der Waals surface area (Å²) < 4.78 is 3.60. The van der Waals surface area contributed by atoms with E-state index in [2.05, 4.69) is 26.2 Å². The van der Waals surface area contributed by atoms with Crippen LogP contribution in [0.1, 0.15) is 11.4 Å². The topological polar surface area (TPSA) is 81.6 Å². The molecule has 0 saturated heterocycles. The summed E-state index contributed by atoms with van der Waals surface area (Å²) in [5.74, 6) is 0.322. The summed E-state index contributed by atoms with van der Waals surface area (Å²) in [7, 11) is 0. The minimum absolute atomic E-state index is 0. The Balaban J connectivity index is 0.000000258. The van der Waals surface area contributed by atoms with E-state index in [4.69, 9.17) is 5.11 Å². The van der Waals surface area contributed by atoms with E-state index in [-0.39, 0.29) is 21.1 Å². The van der Waals surface area contributed by atoms with E-state index >= 15 is 0 Å². The van der Waals surface area contributed by atoms with Crippen LogP contribution in [0.4, 0.5) is 0 Å². The molecule has 8 heteroatoms. The molecule has 0 aliphatic heterocycles. The smallest absolute Gasteiger partial charge is 0.115 e. The second-order valence-electron chi connectivity index (χ2n) is 5.13. The number of nitrogens with zero attached hydrogens (tertiary/aromatic N) is 6. The van der Waals surface area contributed by atoms with Crippen molar-refractivity contribution in [2.75, 3.05) is 0 Å². The molecule has 0 radical (unpaired) electrons. The molecule has 3 heterocycles. The third-order valence-electron chi connectivity index (χ3n) is 3.21. The third-order valence-corrected chi connectivity index (χ3v) is 3.21. The van der Waals surface area contributed by atoms with Crippen molar-refractivity contribution in [3.8, 4) is 5.75 Å². The molecule has 0 aliphatic carbocycles. The van der Waals surface area contributed by atoms with Gasteiger partial charge in [-0.25, -0.2) is 0 Å². The summed E-state index contributed by atoms with van der Waals surface area (Å²) in [6, 6.07) is 15.7. The molecule has 0 bridgehead atoms. The molecule has 7 nitrogen and oxygen atoms in total. The van der Waals surface area contributed by atoms with Crippen molar-refractivity contribution in [2.45, 2.75) is 13.1 Å². The van der Waals surface area contributed by atoms with E-state index in [9.17, 15) is 0 Å². The van der Waals surface area contributed by atoms with Crippen LogP contribution in [0.25, 0.3) is 0 Å². The first-order valence-electron chi connectivity index (χ1n) is 7.70. The van der Waals surface area contributed by atoms with Gasteiger partial charge < -0.3 is 11.2 Å². The second-order valence-corrected chi connectivity index (χ2v) is 5.13. The summed E-state index contributed by atoms with van der Waals surface area (Å²) >= 11 is 0. The molecule has 0 fully saturated rings. The molecule has 1 N–H and O–H groups in total. The largest absolute Gasteiger partial charge is 0.508 e. The van der Waals surface area contributed by atoms with Gasteiger partial charge in [-0.1, -0.05) is 18.2 Å². The molecular formula is C18H17N6OPt-. The van der Waals surface area contributed by atoms with Crippen molar-refractivity contribution in [2.24, 2.45) is 0 Å². The van der Waals surface area contributed by atoms with Crippen LogP contribution >= 0.6 is 0 Å². The molecule has 136 valence electrons. The van der Waals surface area contributed by atoms with E-state index in [1.54, 1.807) is 52.4 Å². The Hall–Kier alpha value is -2.79. The van der Waals surface area contributed by atoms with Gasteiger partial charge in [0.1, 0.15) is 12.1 Å². The van der Waals surface area contributed by atoms with Crippen LogP contribution < -0.4 is 0 Å². The Morgan fingerprint density at radius 3 is 1.73 bits per heavy atom. The molecule has 0 spiro atoms. The van der Waals surface area contributed by atoms with Gasteiger partial charge in [0.05, 0.1) is 13.1 Å². The minimum atomic E-state index is 0. The number of para-hydroxylation sites is 1. The van der Waals surface area contributed by atoms with E-state index < -0.39 is 0 Å². The molecule has 0 saturated carbocycles. The Morgan fingerprint density at radius 2 is 1.35 bits per heavy atom. The van der Waals surface area contributed by atoms with Gasteiger partial charge in [-0.15, -0.1) is 11.4 Å². The quantitative estimate of drug-likeness (QED) is 0.411. The summed E-state index contributed by atoms with van der Waals surface area (Å²) in [6.07, 6.45) is 8.82. The maximum atomic E-state index is 8.63. The molecule has 4 aromatic rings. The molecule has 0 aliphatic rings. The maximum absolute atomic E-state index is 8.63. The number of benzene rings is 1. The number of phenolic OH excluding ortho intramolecular Hbond substituents is 1. The Bertz CT molecular complexity index is 814. The zero-order valence-corrected chi connectivity index (χ0v) is 16.1. The second kappa shape index (κ2) is 10.3. The first-order chi connectivity index (χ1) is 12.3. The average Bonchev–Trinajstić information content (AvgIpc) is 3.31. The Kier molecular flexibility index (Phi) is 7.70. The van der Waals surface area contributed by atoms with Gasteiger partial charge in [0, 0.05) is 45.9 Å². The predicted molar refractivity (Wildman–Crippen MR) is 91.6 cm³/mol. The predicted octanol–water partition coefficient (Wildman–Crippen LogP) is 2.16. The Labute approximate surface area is 165 Å². The van der Waals surface area contributed by atoms with Crippen molar-refractivity contribution >= 4 is 0 Å². The van der Waals surface area contributed by atoms with Gasteiger partial charge in [0.2, 0.25) is 0 Å². The van der Waals surface area contributed by atoms with Crippen LogP contribution in [0.3, 0.4) is 0 Å². The monoisotopic (exact) mass is 528 g/mol.